The average Bonchev–Trinajstić information content (AvgIpc) is 3.23. The number of carbonyl (C=O) groups is 2. The summed E-state index contributed by atoms with van der Waals surface area (Å²) in [4.78, 5) is 32.5. The second-order valence-electron chi connectivity index (χ2n) is 6.77. The van der Waals surface area contributed by atoms with E-state index in [0.29, 0.717) is 23.4 Å². The van der Waals surface area contributed by atoms with Crippen molar-refractivity contribution in [1.29, 1.82) is 0 Å². The lowest BCUT2D eigenvalue weighted by molar-refractivity contribution is -0.105. The van der Waals surface area contributed by atoms with Gasteiger partial charge in [0.2, 0.25) is 12.4 Å². The Hall–Kier alpha value is -2.35. The maximum atomic E-state index is 12.6. The van der Waals surface area contributed by atoms with Gasteiger partial charge in [-0.15, -0.1) is 0 Å². The molecule has 27 heavy (non-hydrogen) atoms. The summed E-state index contributed by atoms with van der Waals surface area (Å²) < 4.78 is 7.54. The zero-order chi connectivity index (χ0) is 18.6. The Bertz CT molecular complexity index is 884. The summed E-state index contributed by atoms with van der Waals surface area (Å²) in [6, 6.07) is 5.31. The van der Waals surface area contributed by atoms with Gasteiger partial charge in [-0.25, -0.2) is 9.78 Å². The van der Waals surface area contributed by atoms with Crippen molar-refractivity contribution in [3.8, 4) is 0 Å². The number of nitrogens with zero attached hydrogens (tertiary/aromatic N) is 3. The smallest absolute Gasteiger partial charge is 0.338 e. The van der Waals surface area contributed by atoms with E-state index in [4.69, 9.17) is 4.74 Å². The van der Waals surface area contributed by atoms with Crippen molar-refractivity contribution in [3.05, 3.63) is 23.8 Å². The zero-order valence-electron chi connectivity index (χ0n) is 15.0. The molecule has 1 N–H and O–H groups in total. The van der Waals surface area contributed by atoms with Gasteiger partial charge in [0.25, 0.3) is 0 Å². The predicted octanol–water partition coefficient (Wildman–Crippen LogP) is 3.44. The van der Waals surface area contributed by atoms with Crippen molar-refractivity contribution in [2.24, 2.45) is 4.99 Å². The number of esters is 1. The van der Waals surface area contributed by atoms with Crippen molar-refractivity contribution in [2.75, 3.05) is 17.6 Å². The number of aliphatic imine (C=N–C) groups is 1. The number of imidazole rings is 1. The molecule has 1 fully saturated rings. The van der Waals surface area contributed by atoms with E-state index < -0.39 is 0 Å². The highest BCUT2D eigenvalue weighted by atomic mass is 32.2. The van der Waals surface area contributed by atoms with E-state index in [-0.39, 0.29) is 12.1 Å². The maximum Gasteiger partial charge on any atom is 0.338 e. The molecule has 2 aromatic rings. The number of nitrogens with one attached hydrogen (secondary N) is 1. The van der Waals surface area contributed by atoms with Crippen LogP contribution in [0.4, 0.5) is 5.95 Å². The minimum Gasteiger partial charge on any atom is -0.459 e. The number of benzene rings is 1. The Morgan fingerprint density at radius 1 is 1.26 bits per heavy atom. The fraction of sp³-hybridized carbons (Fsp3) is 0.474. The minimum atomic E-state index is -0.309. The highest BCUT2D eigenvalue weighted by Crippen LogP contribution is 2.27. The van der Waals surface area contributed by atoms with Crippen LogP contribution in [0.1, 0.15) is 48.9 Å². The molecule has 0 spiro atoms. The zero-order valence-corrected chi connectivity index (χ0v) is 15.8. The Balaban J connectivity index is 1.61. The molecule has 142 valence electrons. The Morgan fingerprint density at radius 2 is 2.07 bits per heavy atom. The number of hydrogen-bond acceptors (Lipinski definition) is 6. The number of fused-ring (bicyclic) bond motifs is 1. The number of thioether (sulfide) groups is 1. The van der Waals surface area contributed by atoms with Crippen molar-refractivity contribution < 1.29 is 14.3 Å². The van der Waals surface area contributed by atoms with Gasteiger partial charge in [0.1, 0.15) is 6.10 Å². The van der Waals surface area contributed by atoms with E-state index in [0.717, 1.165) is 48.7 Å². The number of rotatable bonds is 4. The minimum absolute atomic E-state index is 0.00443. The number of ether oxygens (including phenoxy) is 1. The first-order valence-electron chi connectivity index (χ1n) is 9.37. The molecule has 0 saturated heterocycles. The highest BCUT2D eigenvalue weighted by Gasteiger charge is 2.21. The standard InChI is InChI=1S/C19H22N4O3S/c24-12-21-18-22-15-11-13(17(25)26-14-5-3-1-2-4-6-14)7-8-16(15)23(18)19-20-9-10-27-19/h7-8,11-12,14H,1-6,9-10H2,(H,21,22,24). The Labute approximate surface area is 161 Å². The predicted molar refractivity (Wildman–Crippen MR) is 106 cm³/mol. The van der Waals surface area contributed by atoms with Gasteiger partial charge in [-0.05, 0) is 43.9 Å². The van der Waals surface area contributed by atoms with Crippen LogP contribution in [0, 0.1) is 0 Å². The fourth-order valence-corrected chi connectivity index (χ4v) is 4.45. The first-order chi connectivity index (χ1) is 13.3. The van der Waals surface area contributed by atoms with Crippen LogP contribution in [0.2, 0.25) is 0 Å². The molecule has 0 radical (unpaired) electrons. The number of hydrogen-bond donors (Lipinski definition) is 1. The molecule has 1 amide bonds. The van der Waals surface area contributed by atoms with Gasteiger partial charge in [-0.3, -0.25) is 19.7 Å². The van der Waals surface area contributed by atoms with Crippen molar-refractivity contribution in [3.63, 3.8) is 0 Å². The van der Waals surface area contributed by atoms with E-state index >= 15 is 0 Å². The molecule has 8 heteroatoms. The van der Waals surface area contributed by atoms with E-state index in [1.807, 2.05) is 10.6 Å². The average molecular weight is 386 g/mol. The third kappa shape index (κ3) is 3.85. The lowest BCUT2D eigenvalue weighted by atomic mass is 10.1. The number of carbonyl (C=O) groups excluding carboxylic acids is 2. The maximum absolute atomic E-state index is 12.6. The summed E-state index contributed by atoms with van der Waals surface area (Å²) >= 11 is 1.62. The summed E-state index contributed by atoms with van der Waals surface area (Å²) in [5.41, 5.74) is 1.92. The largest absolute Gasteiger partial charge is 0.459 e. The molecule has 1 saturated carbocycles. The molecule has 1 aliphatic heterocycles. The van der Waals surface area contributed by atoms with Gasteiger partial charge in [0.05, 0.1) is 23.1 Å². The molecule has 2 aliphatic rings. The monoisotopic (exact) mass is 386 g/mol. The summed E-state index contributed by atoms with van der Waals surface area (Å²) in [5, 5.41) is 3.43. The van der Waals surface area contributed by atoms with Crippen LogP contribution in [0.5, 0.6) is 0 Å². The molecule has 2 heterocycles. The summed E-state index contributed by atoms with van der Waals surface area (Å²) in [6.45, 7) is 0.742. The van der Waals surface area contributed by atoms with E-state index in [1.54, 1.807) is 23.9 Å². The van der Waals surface area contributed by atoms with Gasteiger partial charge in [0.15, 0.2) is 5.17 Å². The fourth-order valence-electron chi connectivity index (χ4n) is 3.59. The van der Waals surface area contributed by atoms with E-state index in [1.165, 1.54) is 12.8 Å². The first-order valence-corrected chi connectivity index (χ1v) is 10.4. The summed E-state index contributed by atoms with van der Waals surface area (Å²) in [6.07, 6.45) is 7.13. The van der Waals surface area contributed by atoms with Crippen LogP contribution in [-0.2, 0) is 9.53 Å². The van der Waals surface area contributed by atoms with Crippen LogP contribution in [0.25, 0.3) is 11.0 Å². The third-order valence-electron chi connectivity index (χ3n) is 4.91. The molecule has 0 atom stereocenters. The van der Waals surface area contributed by atoms with Crippen molar-refractivity contribution in [2.45, 2.75) is 44.6 Å². The van der Waals surface area contributed by atoms with E-state index in [2.05, 4.69) is 15.3 Å². The third-order valence-corrected chi connectivity index (χ3v) is 5.87. The molecule has 4 rings (SSSR count). The van der Waals surface area contributed by atoms with Gasteiger partial charge < -0.3 is 4.74 Å². The molecule has 1 aliphatic carbocycles. The van der Waals surface area contributed by atoms with Gasteiger partial charge in [-0.2, -0.15) is 0 Å². The highest BCUT2D eigenvalue weighted by molar-refractivity contribution is 8.14. The van der Waals surface area contributed by atoms with Crippen LogP contribution in [0.15, 0.2) is 23.2 Å². The van der Waals surface area contributed by atoms with Crippen LogP contribution in [-0.4, -0.2) is 45.5 Å². The molecular weight excluding hydrogens is 364 g/mol. The molecule has 7 nitrogen and oxygen atoms in total. The number of aromatic nitrogens is 2. The number of amides is 1. The van der Waals surface area contributed by atoms with E-state index in [9.17, 15) is 9.59 Å². The lowest BCUT2D eigenvalue weighted by Crippen LogP contribution is -2.17. The van der Waals surface area contributed by atoms with Crippen LogP contribution >= 0.6 is 11.8 Å². The first kappa shape index (κ1) is 18.0. The molecular formula is C19H22N4O3S. The summed E-state index contributed by atoms with van der Waals surface area (Å²) in [5.74, 6) is 1.000. The summed E-state index contributed by atoms with van der Waals surface area (Å²) in [7, 11) is 0. The Kier molecular flexibility index (Phi) is 5.42. The normalized spacial score (nSPS) is 18.1. The lowest BCUT2D eigenvalue weighted by Gasteiger charge is -2.15. The van der Waals surface area contributed by atoms with Crippen LogP contribution < -0.4 is 5.32 Å². The molecule has 0 unspecified atom stereocenters. The quantitative estimate of drug-likeness (QED) is 0.494. The topological polar surface area (TPSA) is 85.6 Å². The molecule has 1 aromatic carbocycles. The van der Waals surface area contributed by atoms with Gasteiger partial charge in [-0.1, -0.05) is 24.6 Å². The second-order valence-corrected chi connectivity index (χ2v) is 7.83. The van der Waals surface area contributed by atoms with Crippen molar-refractivity contribution in [1.82, 2.24) is 9.55 Å². The van der Waals surface area contributed by atoms with Gasteiger partial charge in [0, 0.05) is 5.75 Å². The van der Waals surface area contributed by atoms with Gasteiger partial charge >= 0.3 is 5.97 Å². The Morgan fingerprint density at radius 3 is 2.78 bits per heavy atom. The van der Waals surface area contributed by atoms with Crippen molar-refractivity contribution >= 4 is 46.3 Å². The molecule has 0 bridgehead atoms. The second kappa shape index (κ2) is 8.12. The molecule has 1 aromatic heterocycles. The number of anilines is 1. The van der Waals surface area contributed by atoms with Crippen LogP contribution in [0.3, 0.4) is 0 Å². The SMILES string of the molecule is O=CNc1nc2cc(C(=O)OC3CCCCCC3)ccc2n1C1=NCCS1.